The third-order valence-corrected chi connectivity index (χ3v) is 4.91. The van der Waals surface area contributed by atoms with E-state index in [1.54, 1.807) is 34.9 Å². The number of rotatable bonds is 5. The molecule has 138 valence electrons. The van der Waals surface area contributed by atoms with Gasteiger partial charge in [-0.3, -0.25) is 9.59 Å². The van der Waals surface area contributed by atoms with Crippen LogP contribution >= 0.6 is 23.2 Å². The van der Waals surface area contributed by atoms with Crippen LogP contribution in [0.5, 0.6) is 0 Å². The van der Waals surface area contributed by atoms with Crippen molar-refractivity contribution in [1.82, 2.24) is 9.80 Å². The summed E-state index contributed by atoms with van der Waals surface area (Å²) >= 11 is 12.1. The number of amides is 2. The molecule has 25 heavy (non-hydrogen) atoms. The van der Waals surface area contributed by atoms with Gasteiger partial charge in [-0.05, 0) is 25.0 Å². The standard InChI is InChI=1S/C18H24Cl2N2O3/c1-12(2)11-25-13(3)17(23)21-7-9-22(10-8-21)18(24)14-5-4-6-15(19)16(14)20/h4-6,12-13H,7-11H2,1-3H3/t13-/m0/s1. The fourth-order valence-electron chi connectivity index (χ4n) is 2.63. The molecule has 0 aromatic heterocycles. The van der Waals surface area contributed by atoms with Gasteiger partial charge in [0.05, 0.1) is 15.6 Å². The van der Waals surface area contributed by atoms with Crippen molar-refractivity contribution in [2.45, 2.75) is 26.9 Å². The summed E-state index contributed by atoms with van der Waals surface area (Å²) in [4.78, 5) is 28.5. The summed E-state index contributed by atoms with van der Waals surface area (Å²) in [6, 6.07) is 5.01. The Morgan fingerprint density at radius 3 is 2.28 bits per heavy atom. The van der Waals surface area contributed by atoms with Crippen molar-refractivity contribution in [3.63, 3.8) is 0 Å². The maximum absolute atomic E-state index is 12.6. The van der Waals surface area contributed by atoms with Gasteiger partial charge in [-0.15, -0.1) is 0 Å². The third kappa shape index (κ3) is 5.09. The van der Waals surface area contributed by atoms with Crippen molar-refractivity contribution in [1.29, 1.82) is 0 Å². The number of piperazine rings is 1. The minimum atomic E-state index is -0.466. The van der Waals surface area contributed by atoms with Crippen LogP contribution in [-0.4, -0.2) is 60.5 Å². The van der Waals surface area contributed by atoms with Crippen molar-refractivity contribution in [2.75, 3.05) is 32.8 Å². The first-order chi connectivity index (χ1) is 11.8. The third-order valence-electron chi connectivity index (χ3n) is 4.09. The molecule has 7 heteroatoms. The van der Waals surface area contributed by atoms with E-state index in [4.69, 9.17) is 27.9 Å². The number of hydrogen-bond donors (Lipinski definition) is 0. The number of ether oxygens (including phenoxy) is 1. The molecule has 0 bridgehead atoms. The number of benzene rings is 1. The highest BCUT2D eigenvalue weighted by Crippen LogP contribution is 2.26. The lowest BCUT2D eigenvalue weighted by molar-refractivity contribution is -0.144. The minimum Gasteiger partial charge on any atom is -0.368 e. The Balaban J connectivity index is 1.91. The summed E-state index contributed by atoms with van der Waals surface area (Å²) in [7, 11) is 0. The first-order valence-corrected chi connectivity index (χ1v) is 9.20. The summed E-state index contributed by atoms with van der Waals surface area (Å²) in [6.45, 7) is 8.31. The smallest absolute Gasteiger partial charge is 0.255 e. The zero-order chi connectivity index (χ0) is 18.6. The average Bonchev–Trinajstić information content (AvgIpc) is 2.61. The van der Waals surface area contributed by atoms with Gasteiger partial charge in [-0.25, -0.2) is 0 Å². The van der Waals surface area contributed by atoms with E-state index >= 15 is 0 Å². The van der Waals surface area contributed by atoms with Gasteiger partial charge in [0, 0.05) is 32.8 Å². The molecule has 0 aliphatic carbocycles. The molecule has 1 saturated heterocycles. The largest absolute Gasteiger partial charge is 0.368 e. The van der Waals surface area contributed by atoms with Crippen molar-refractivity contribution in [3.05, 3.63) is 33.8 Å². The molecule has 0 radical (unpaired) electrons. The Hall–Kier alpha value is -1.30. The highest BCUT2D eigenvalue weighted by atomic mass is 35.5. The molecule has 0 N–H and O–H groups in total. The van der Waals surface area contributed by atoms with Gasteiger partial charge in [0.2, 0.25) is 0 Å². The second kappa shape index (κ2) is 8.88. The highest BCUT2D eigenvalue weighted by molar-refractivity contribution is 6.43. The van der Waals surface area contributed by atoms with Crippen LogP contribution in [0.3, 0.4) is 0 Å². The first-order valence-electron chi connectivity index (χ1n) is 8.45. The fraction of sp³-hybridized carbons (Fsp3) is 0.556. The molecule has 1 aromatic carbocycles. The van der Waals surface area contributed by atoms with Gasteiger partial charge < -0.3 is 14.5 Å². The lowest BCUT2D eigenvalue weighted by Gasteiger charge is -2.36. The molecule has 0 unspecified atom stereocenters. The number of carbonyl (C=O) groups excluding carboxylic acids is 2. The first kappa shape index (κ1) is 20.0. The second-order valence-corrected chi connectivity index (χ2v) is 7.37. The zero-order valence-corrected chi connectivity index (χ0v) is 16.3. The minimum absolute atomic E-state index is 0.0338. The number of nitrogens with zero attached hydrogens (tertiary/aromatic N) is 2. The van der Waals surface area contributed by atoms with Crippen LogP contribution in [-0.2, 0) is 9.53 Å². The number of hydrogen-bond acceptors (Lipinski definition) is 3. The SMILES string of the molecule is CC(C)CO[C@@H](C)C(=O)N1CCN(C(=O)c2cccc(Cl)c2Cl)CC1. The molecule has 1 atom stereocenters. The molecule has 2 amide bonds. The van der Waals surface area contributed by atoms with E-state index in [0.29, 0.717) is 49.3 Å². The van der Waals surface area contributed by atoms with Crippen molar-refractivity contribution in [2.24, 2.45) is 5.92 Å². The second-order valence-electron chi connectivity index (χ2n) is 6.59. The van der Waals surface area contributed by atoms with Crippen LogP contribution in [0.1, 0.15) is 31.1 Å². The van der Waals surface area contributed by atoms with Crippen LogP contribution in [0.15, 0.2) is 18.2 Å². The highest BCUT2D eigenvalue weighted by Gasteiger charge is 2.28. The molecule has 1 aromatic rings. The molecule has 2 rings (SSSR count). The lowest BCUT2D eigenvalue weighted by atomic mass is 10.1. The molecule has 0 saturated carbocycles. The Kier molecular flexibility index (Phi) is 7.11. The number of halogens is 2. The van der Waals surface area contributed by atoms with Crippen LogP contribution in [0.2, 0.25) is 10.0 Å². The van der Waals surface area contributed by atoms with E-state index in [9.17, 15) is 9.59 Å². The molecule has 1 aliphatic heterocycles. The zero-order valence-electron chi connectivity index (χ0n) is 14.8. The maximum atomic E-state index is 12.6. The van der Waals surface area contributed by atoms with Crippen molar-refractivity contribution < 1.29 is 14.3 Å². The van der Waals surface area contributed by atoms with Gasteiger partial charge in [-0.2, -0.15) is 0 Å². The van der Waals surface area contributed by atoms with Gasteiger partial charge in [0.1, 0.15) is 6.10 Å². The van der Waals surface area contributed by atoms with Gasteiger partial charge in [0.15, 0.2) is 0 Å². The lowest BCUT2D eigenvalue weighted by Crippen LogP contribution is -2.53. The van der Waals surface area contributed by atoms with Crippen molar-refractivity contribution in [3.8, 4) is 0 Å². The molecule has 1 heterocycles. The van der Waals surface area contributed by atoms with Crippen molar-refractivity contribution >= 4 is 35.0 Å². The van der Waals surface area contributed by atoms with E-state index in [0.717, 1.165) is 0 Å². The van der Waals surface area contributed by atoms with E-state index in [2.05, 4.69) is 0 Å². The molecule has 1 fully saturated rings. The Morgan fingerprint density at radius 1 is 1.08 bits per heavy atom. The predicted octanol–water partition coefficient (Wildman–Crippen LogP) is 3.34. The summed E-state index contributed by atoms with van der Waals surface area (Å²) in [5.74, 6) is 0.185. The van der Waals surface area contributed by atoms with Crippen LogP contribution in [0.4, 0.5) is 0 Å². The predicted molar refractivity (Wildman–Crippen MR) is 99.2 cm³/mol. The molecular weight excluding hydrogens is 363 g/mol. The summed E-state index contributed by atoms with van der Waals surface area (Å²) in [5.41, 5.74) is 0.391. The normalized spacial score (nSPS) is 16.2. The van der Waals surface area contributed by atoms with E-state index in [1.807, 2.05) is 13.8 Å². The van der Waals surface area contributed by atoms with Gasteiger partial charge in [0.25, 0.3) is 11.8 Å². The summed E-state index contributed by atoms with van der Waals surface area (Å²) < 4.78 is 5.59. The molecule has 5 nitrogen and oxygen atoms in total. The quantitative estimate of drug-likeness (QED) is 0.779. The monoisotopic (exact) mass is 386 g/mol. The van der Waals surface area contributed by atoms with Gasteiger partial charge >= 0.3 is 0 Å². The Bertz CT molecular complexity index is 629. The summed E-state index contributed by atoms with van der Waals surface area (Å²) in [6.07, 6.45) is -0.466. The van der Waals surface area contributed by atoms with E-state index < -0.39 is 6.10 Å². The van der Waals surface area contributed by atoms with Crippen LogP contribution < -0.4 is 0 Å². The van der Waals surface area contributed by atoms with Crippen LogP contribution in [0.25, 0.3) is 0 Å². The topological polar surface area (TPSA) is 49.9 Å². The van der Waals surface area contributed by atoms with Gasteiger partial charge in [-0.1, -0.05) is 43.1 Å². The number of carbonyl (C=O) groups is 2. The maximum Gasteiger partial charge on any atom is 0.255 e. The fourth-order valence-corrected chi connectivity index (χ4v) is 3.02. The van der Waals surface area contributed by atoms with E-state index in [-0.39, 0.29) is 16.8 Å². The average molecular weight is 387 g/mol. The Morgan fingerprint density at radius 2 is 1.68 bits per heavy atom. The Labute approximate surface area is 158 Å². The molecule has 1 aliphatic rings. The van der Waals surface area contributed by atoms with Crippen LogP contribution in [0, 0.1) is 5.92 Å². The van der Waals surface area contributed by atoms with E-state index in [1.165, 1.54) is 0 Å². The summed E-state index contributed by atoms with van der Waals surface area (Å²) in [5, 5.41) is 0.626. The molecular formula is C18H24Cl2N2O3. The molecule has 0 spiro atoms.